The first-order valence-electron chi connectivity index (χ1n) is 12.4. The number of hydrogen-bond acceptors (Lipinski definition) is 6. The Labute approximate surface area is 209 Å². The second kappa shape index (κ2) is 10.0. The van der Waals surface area contributed by atoms with Gasteiger partial charge >= 0.3 is 5.97 Å². The zero-order valence-electron chi connectivity index (χ0n) is 21.0. The van der Waals surface area contributed by atoms with Crippen molar-refractivity contribution in [1.29, 1.82) is 0 Å². The number of methoxy groups -OCH3 is 2. The number of pyridine rings is 1. The van der Waals surface area contributed by atoms with Gasteiger partial charge in [0.2, 0.25) is 5.91 Å². The number of carbonyl (C=O) groups excluding carboxylic acids is 2. The van der Waals surface area contributed by atoms with Gasteiger partial charge in [-0.3, -0.25) is 4.79 Å². The number of esters is 1. The molecule has 188 valence electrons. The molecule has 4 aromatic rings. The Bertz CT molecular complexity index is 1450. The van der Waals surface area contributed by atoms with Crippen LogP contribution in [0.1, 0.15) is 54.6 Å². The van der Waals surface area contributed by atoms with E-state index in [1.165, 1.54) is 7.11 Å². The fraction of sp³-hybridized carbons (Fsp3) is 0.407. The van der Waals surface area contributed by atoms with Gasteiger partial charge in [-0.15, -0.1) is 0 Å². The van der Waals surface area contributed by atoms with Gasteiger partial charge in [-0.25, -0.2) is 14.8 Å². The van der Waals surface area contributed by atoms with Gasteiger partial charge in [-0.2, -0.15) is 0 Å². The maximum absolute atomic E-state index is 12.2. The molecule has 9 heteroatoms. The molecule has 2 bridgehead atoms. The van der Waals surface area contributed by atoms with Gasteiger partial charge in [0.25, 0.3) is 0 Å². The number of ether oxygens (including phenoxy) is 2. The molecule has 0 atom stereocenters. The van der Waals surface area contributed by atoms with E-state index in [0.29, 0.717) is 29.8 Å². The number of aromatic nitrogens is 4. The van der Waals surface area contributed by atoms with Crippen LogP contribution in [-0.2, 0) is 29.7 Å². The van der Waals surface area contributed by atoms with Crippen LogP contribution in [0, 0.1) is 0 Å². The minimum Gasteiger partial charge on any atom is -0.494 e. The van der Waals surface area contributed by atoms with Gasteiger partial charge in [-0.1, -0.05) is 19.3 Å². The number of nitrogens with one attached hydrogen (secondary N) is 1. The van der Waals surface area contributed by atoms with Gasteiger partial charge in [0.05, 0.1) is 43.2 Å². The Morgan fingerprint density at radius 1 is 1.03 bits per heavy atom. The van der Waals surface area contributed by atoms with Crippen molar-refractivity contribution in [3.05, 3.63) is 41.6 Å². The first-order chi connectivity index (χ1) is 17.5. The van der Waals surface area contributed by atoms with Crippen LogP contribution in [0.15, 0.2) is 30.3 Å². The molecule has 0 radical (unpaired) electrons. The van der Waals surface area contributed by atoms with E-state index < -0.39 is 5.97 Å². The summed E-state index contributed by atoms with van der Waals surface area (Å²) in [6.07, 6.45) is 5.72. The Morgan fingerprint density at radius 2 is 1.83 bits per heavy atom. The van der Waals surface area contributed by atoms with Gasteiger partial charge in [0.1, 0.15) is 16.9 Å². The third kappa shape index (κ3) is 4.41. The summed E-state index contributed by atoms with van der Waals surface area (Å²) in [5.41, 5.74) is 4.50. The fourth-order valence-corrected chi connectivity index (χ4v) is 4.97. The summed E-state index contributed by atoms with van der Waals surface area (Å²) in [6.45, 7) is 1.23. The normalized spacial score (nSPS) is 15.1. The maximum atomic E-state index is 12.2. The molecule has 0 spiro atoms. The number of benzene rings is 1. The molecule has 1 aliphatic heterocycles. The Kier molecular flexibility index (Phi) is 6.63. The fourth-order valence-electron chi connectivity index (χ4n) is 4.97. The molecule has 0 saturated carbocycles. The van der Waals surface area contributed by atoms with Crippen molar-refractivity contribution in [1.82, 2.24) is 24.4 Å². The lowest BCUT2D eigenvalue weighted by atomic mass is 10.1. The SMILES string of the molecule is COC(=O)c1cc(OC)c2c(c1)nc(-c1cc3ccc4nc3n1CCCCCCCC(=O)NC4)n2C. The molecule has 36 heavy (non-hydrogen) atoms. The van der Waals surface area contributed by atoms with Crippen LogP contribution in [0.3, 0.4) is 0 Å². The van der Waals surface area contributed by atoms with E-state index in [-0.39, 0.29) is 5.91 Å². The van der Waals surface area contributed by atoms with Crippen molar-refractivity contribution in [2.45, 2.75) is 51.6 Å². The lowest BCUT2D eigenvalue weighted by Crippen LogP contribution is -2.23. The second-order valence-electron chi connectivity index (χ2n) is 9.22. The van der Waals surface area contributed by atoms with Crippen molar-refractivity contribution in [3.63, 3.8) is 0 Å². The van der Waals surface area contributed by atoms with Crippen molar-refractivity contribution in [3.8, 4) is 17.3 Å². The van der Waals surface area contributed by atoms with Crippen LogP contribution >= 0.6 is 0 Å². The Morgan fingerprint density at radius 3 is 2.64 bits per heavy atom. The van der Waals surface area contributed by atoms with Gasteiger partial charge in [-0.05, 0) is 43.2 Å². The van der Waals surface area contributed by atoms with Gasteiger partial charge in [0, 0.05) is 25.4 Å². The highest BCUT2D eigenvalue weighted by Gasteiger charge is 2.22. The number of fused-ring (bicyclic) bond motifs is 2. The average Bonchev–Trinajstić information content (AvgIpc) is 3.42. The topological polar surface area (TPSA) is 100 Å². The molecule has 0 unspecified atom stereocenters. The van der Waals surface area contributed by atoms with Crippen LogP contribution in [0.5, 0.6) is 5.75 Å². The monoisotopic (exact) mass is 489 g/mol. The zero-order valence-corrected chi connectivity index (χ0v) is 21.0. The molecule has 1 N–H and O–H groups in total. The lowest BCUT2D eigenvalue weighted by molar-refractivity contribution is -0.121. The number of carbonyl (C=O) groups is 2. The average molecular weight is 490 g/mol. The molecule has 0 saturated heterocycles. The predicted octanol–water partition coefficient (Wildman–Crippen LogP) is 4.36. The third-order valence-corrected chi connectivity index (χ3v) is 6.86. The standard InChI is InChI=1S/C27H31N5O4/c1-31-24-20(13-18(27(34)36-3)15-22(24)35-2)30-26(31)21-14-17-10-11-19-16-28-23(33)9-7-5-4-6-8-12-32(21)25(17)29-19/h10-11,13-15H,4-9,12,16H2,1-3H3,(H,28,33). The number of rotatable bonds is 3. The summed E-state index contributed by atoms with van der Waals surface area (Å²) in [5.74, 6) is 0.959. The second-order valence-corrected chi connectivity index (χ2v) is 9.22. The summed E-state index contributed by atoms with van der Waals surface area (Å²) in [4.78, 5) is 34.2. The minimum absolute atomic E-state index is 0.0741. The highest BCUT2D eigenvalue weighted by molar-refractivity contribution is 5.97. The molecule has 1 aliphatic rings. The van der Waals surface area contributed by atoms with Crippen molar-refractivity contribution in [2.24, 2.45) is 7.05 Å². The molecule has 9 nitrogen and oxygen atoms in total. The van der Waals surface area contributed by atoms with E-state index in [2.05, 4.69) is 16.0 Å². The smallest absolute Gasteiger partial charge is 0.338 e. The van der Waals surface area contributed by atoms with E-state index in [9.17, 15) is 9.59 Å². The number of amides is 1. The molecule has 4 heterocycles. The summed E-state index contributed by atoms with van der Waals surface area (Å²) in [5, 5.41) is 4.01. The number of nitrogens with zero attached hydrogens (tertiary/aromatic N) is 4. The maximum Gasteiger partial charge on any atom is 0.338 e. The van der Waals surface area contributed by atoms with E-state index in [1.807, 2.05) is 23.7 Å². The molecular formula is C27H31N5O4. The van der Waals surface area contributed by atoms with E-state index in [0.717, 1.165) is 72.4 Å². The van der Waals surface area contributed by atoms with E-state index >= 15 is 0 Å². The molecule has 3 aromatic heterocycles. The number of imidazole rings is 1. The predicted molar refractivity (Wildman–Crippen MR) is 137 cm³/mol. The van der Waals surface area contributed by atoms with E-state index in [1.54, 1.807) is 19.2 Å². The number of aryl methyl sites for hydroxylation is 2. The van der Waals surface area contributed by atoms with E-state index in [4.69, 9.17) is 19.4 Å². The Hall–Kier alpha value is -3.88. The molecule has 1 amide bonds. The summed E-state index contributed by atoms with van der Waals surface area (Å²) in [7, 11) is 4.89. The summed E-state index contributed by atoms with van der Waals surface area (Å²) >= 11 is 0. The first kappa shape index (κ1) is 23.8. The van der Waals surface area contributed by atoms with Gasteiger partial charge in [0.15, 0.2) is 5.82 Å². The van der Waals surface area contributed by atoms with Crippen LogP contribution in [0.25, 0.3) is 33.6 Å². The third-order valence-electron chi connectivity index (χ3n) is 6.86. The molecule has 5 rings (SSSR count). The van der Waals surface area contributed by atoms with Crippen LogP contribution in [0.4, 0.5) is 0 Å². The number of hydrogen-bond donors (Lipinski definition) is 1. The van der Waals surface area contributed by atoms with Gasteiger partial charge < -0.3 is 23.9 Å². The lowest BCUT2D eigenvalue weighted by Gasteiger charge is -2.12. The minimum atomic E-state index is -0.437. The Balaban J connectivity index is 1.65. The van der Waals surface area contributed by atoms with Crippen LogP contribution in [-0.4, -0.2) is 45.2 Å². The van der Waals surface area contributed by atoms with Crippen molar-refractivity contribution in [2.75, 3.05) is 14.2 Å². The highest BCUT2D eigenvalue weighted by atomic mass is 16.5. The molecule has 1 aromatic carbocycles. The first-order valence-corrected chi connectivity index (χ1v) is 12.4. The molecular weight excluding hydrogens is 458 g/mol. The molecule has 0 fully saturated rings. The quantitative estimate of drug-likeness (QED) is 0.429. The summed E-state index contributed by atoms with van der Waals surface area (Å²) < 4.78 is 14.8. The van der Waals surface area contributed by atoms with Crippen molar-refractivity contribution >= 4 is 33.9 Å². The van der Waals surface area contributed by atoms with Crippen molar-refractivity contribution < 1.29 is 19.1 Å². The van der Waals surface area contributed by atoms with Crippen LogP contribution in [0.2, 0.25) is 0 Å². The van der Waals surface area contributed by atoms with Crippen LogP contribution < -0.4 is 10.1 Å². The molecule has 0 aliphatic carbocycles. The largest absolute Gasteiger partial charge is 0.494 e. The zero-order chi connectivity index (χ0) is 25.2. The summed E-state index contributed by atoms with van der Waals surface area (Å²) in [6, 6.07) is 9.54. The highest BCUT2D eigenvalue weighted by Crippen LogP contribution is 2.34.